The van der Waals surface area contributed by atoms with E-state index >= 15 is 0 Å². The van der Waals surface area contributed by atoms with E-state index in [2.05, 4.69) is 5.16 Å². The number of benzene rings is 2. The van der Waals surface area contributed by atoms with Gasteiger partial charge in [-0.2, -0.15) is 0 Å². The third-order valence-corrected chi connectivity index (χ3v) is 5.05. The molecular weight excluding hydrogens is 322 g/mol. The highest BCUT2D eigenvalue weighted by Gasteiger charge is 2.18. The van der Waals surface area contributed by atoms with Gasteiger partial charge in [-0.05, 0) is 24.3 Å². The lowest BCUT2D eigenvalue weighted by Crippen LogP contribution is -2.04. The highest BCUT2D eigenvalue weighted by Crippen LogP contribution is 2.23. The van der Waals surface area contributed by atoms with Crippen LogP contribution in [0.25, 0.3) is 11.3 Å². The third-order valence-electron chi connectivity index (χ3n) is 3.13. The summed E-state index contributed by atoms with van der Waals surface area (Å²) in [6, 6.07) is 17.1. The first kappa shape index (κ1) is 14.8. The van der Waals surface area contributed by atoms with E-state index in [1.807, 2.05) is 30.3 Å². The van der Waals surface area contributed by atoms with Crippen LogP contribution in [0.5, 0.6) is 0 Å². The fourth-order valence-electron chi connectivity index (χ4n) is 2.04. The van der Waals surface area contributed by atoms with Crippen molar-refractivity contribution in [3.63, 3.8) is 0 Å². The lowest BCUT2D eigenvalue weighted by atomic mass is 10.2. The molecular formula is C16H12ClNO3S. The molecule has 112 valence electrons. The van der Waals surface area contributed by atoms with Gasteiger partial charge in [0.25, 0.3) is 0 Å². The van der Waals surface area contributed by atoms with Crippen LogP contribution >= 0.6 is 11.6 Å². The average Bonchev–Trinajstić information content (AvgIpc) is 2.96. The van der Waals surface area contributed by atoms with Crippen molar-refractivity contribution in [1.82, 2.24) is 5.16 Å². The summed E-state index contributed by atoms with van der Waals surface area (Å²) >= 11 is 5.77. The van der Waals surface area contributed by atoms with E-state index in [9.17, 15) is 8.42 Å². The number of halogens is 1. The molecule has 0 spiro atoms. The largest absolute Gasteiger partial charge is 0.356 e. The molecule has 0 bridgehead atoms. The Morgan fingerprint density at radius 1 is 1.00 bits per heavy atom. The first-order chi connectivity index (χ1) is 10.5. The van der Waals surface area contributed by atoms with Gasteiger partial charge in [0.15, 0.2) is 15.6 Å². The molecule has 0 unspecified atom stereocenters. The van der Waals surface area contributed by atoms with Gasteiger partial charge < -0.3 is 4.52 Å². The summed E-state index contributed by atoms with van der Waals surface area (Å²) in [5.41, 5.74) is 1.22. The Hall–Kier alpha value is -2.11. The molecule has 22 heavy (non-hydrogen) atoms. The molecule has 0 aliphatic rings. The normalized spacial score (nSPS) is 11.5. The standard InChI is InChI=1S/C16H12ClNO3S/c17-13-6-8-15(9-7-13)22(19,20)11-14-10-16(21-18-14)12-4-2-1-3-5-12/h1-10H,11H2. The number of aromatic nitrogens is 1. The quantitative estimate of drug-likeness (QED) is 0.724. The maximum atomic E-state index is 12.3. The van der Waals surface area contributed by atoms with E-state index in [1.54, 1.807) is 18.2 Å². The number of nitrogens with zero attached hydrogens (tertiary/aromatic N) is 1. The maximum Gasteiger partial charge on any atom is 0.184 e. The molecule has 0 atom stereocenters. The van der Waals surface area contributed by atoms with Crippen molar-refractivity contribution in [1.29, 1.82) is 0 Å². The van der Waals surface area contributed by atoms with Gasteiger partial charge in [0.05, 0.1) is 10.6 Å². The number of hydrogen-bond donors (Lipinski definition) is 0. The molecule has 6 heteroatoms. The van der Waals surface area contributed by atoms with Crippen LogP contribution in [0, 0.1) is 0 Å². The van der Waals surface area contributed by atoms with Crippen molar-refractivity contribution < 1.29 is 12.9 Å². The van der Waals surface area contributed by atoms with Gasteiger partial charge in [0.2, 0.25) is 0 Å². The van der Waals surface area contributed by atoms with Crippen LogP contribution in [0.1, 0.15) is 5.69 Å². The van der Waals surface area contributed by atoms with E-state index in [0.29, 0.717) is 16.5 Å². The van der Waals surface area contributed by atoms with Gasteiger partial charge in [-0.3, -0.25) is 0 Å². The Labute approximate surface area is 133 Å². The minimum atomic E-state index is -3.48. The first-order valence-electron chi connectivity index (χ1n) is 6.54. The number of rotatable bonds is 4. The molecule has 0 saturated carbocycles. The van der Waals surface area contributed by atoms with Gasteiger partial charge in [-0.15, -0.1) is 0 Å². The van der Waals surface area contributed by atoms with Crippen molar-refractivity contribution in [3.05, 3.63) is 71.4 Å². The average molecular weight is 334 g/mol. The number of hydrogen-bond acceptors (Lipinski definition) is 4. The minimum Gasteiger partial charge on any atom is -0.356 e. The zero-order valence-corrected chi connectivity index (χ0v) is 13.0. The second-order valence-electron chi connectivity index (χ2n) is 4.76. The van der Waals surface area contributed by atoms with Gasteiger partial charge in [-0.1, -0.05) is 47.1 Å². The van der Waals surface area contributed by atoms with Crippen LogP contribution in [0.4, 0.5) is 0 Å². The van der Waals surface area contributed by atoms with Crippen LogP contribution in [0.2, 0.25) is 5.02 Å². The van der Waals surface area contributed by atoms with E-state index in [-0.39, 0.29) is 10.6 Å². The van der Waals surface area contributed by atoms with Crippen LogP contribution in [-0.4, -0.2) is 13.6 Å². The molecule has 3 rings (SSSR count). The molecule has 1 heterocycles. The van der Waals surface area contributed by atoms with Crippen molar-refractivity contribution in [3.8, 4) is 11.3 Å². The molecule has 3 aromatic rings. The topological polar surface area (TPSA) is 60.2 Å². The summed E-state index contributed by atoms with van der Waals surface area (Å²) in [6.45, 7) is 0. The molecule has 0 amide bonds. The molecule has 0 aliphatic carbocycles. The Kier molecular flexibility index (Phi) is 4.00. The van der Waals surface area contributed by atoms with Crippen molar-refractivity contribution in [2.45, 2.75) is 10.6 Å². The minimum absolute atomic E-state index is 0.209. The predicted molar refractivity (Wildman–Crippen MR) is 84.3 cm³/mol. The summed E-state index contributed by atoms with van der Waals surface area (Å²) in [5.74, 6) is 0.326. The summed E-state index contributed by atoms with van der Waals surface area (Å²) in [4.78, 5) is 0.209. The highest BCUT2D eigenvalue weighted by atomic mass is 35.5. The fourth-order valence-corrected chi connectivity index (χ4v) is 3.41. The van der Waals surface area contributed by atoms with Gasteiger partial charge >= 0.3 is 0 Å². The smallest absolute Gasteiger partial charge is 0.184 e. The summed E-state index contributed by atoms with van der Waals surface area (Å²) < 4.78 is 29.9. The van der Waals surface area contributed by atoms with E-state index < -0.39 is 9.84 Å². The second kappa shape index (κ2) is 5.94. The summed E-state index contributed by atoms with van der Waals surface area (Å²) in [6.07, 6.45) is 0. The number of sulfone groups is 1. The van der Waals surface area contributed by atoms with Crippen LogP contribution in [0.3, 0.4) is 0 Å². The molecule has 1 aromatic heterocycles. The Morgan fingerprint density at radius 2 is 1.68 bits per heavy atom. The molecule has 0 saturated heterocycles. The third kappa shape index (κ3) is 3.21. The first-order valence-corrected chi connectivity index (χ1v) is 8.57. The maximum absolute atomic E-state index is 12.3. The molecule has 0 fully saturated rings. The van der Waals surface area contributed by atoms with E-state index in [0.717, 1.165) is 5.56 Å². The van der Waals surface area contributed by atoms with Crippen LogP contribution < -0.4 is 0 Å². The van der Waals surface area contributed by atoms with Gasteiger partial charge in [0.1, 0.15) is 5.75 Å². The molecule has 2 aromatic carbocycles. The zero-order chi connectivity index (χ0) is 15.6. The molecule has 0 aliphatic heterocycles. The SMILES string of the molecule is O=S(=O)(Cc1cc(-c2ccccc2)on1)c1ccc(Cl)cc1. The van der Waals surface area contributed by atoms with Crippen LogP contribution in [0.15, 0.2) is 70.1 Å². The highest BCUT2D eigenvalue weighted by molar-refractivity contribution is 7.90. The Morgan fingerprint density at radius 3 is 2.36 bits per heavy atom. The summed E-state index contributed by atoms with van der Waals surface area (Å²) in [5, 5.41) is 4.33. The van der Waals surface area contributed by atoms with Crippen LogP contribution in [-0.2, 0) is 15.6 Å². The van der Waals surface area contributed by atoms with Crippen molar-refractivity contribution in [2.24, 2.45) is 0 Å². The predicted octanol–water partition coefficient (Wildman–Crippen LogP) is 3.97. The van der Waals surface area contributed by atoms with Crippen molar-refractivity contribution >= 4 is 21.4 Å². The lowest BCUT2D eigenvalue weighted by Gasteiger charge is -2.01. The Bertz CT molecular complexity index is 871. The van der Waals surface area contributed by atoms with Gasteiger partial charge in [0, 0.05) is 16.7 Å². The second-order valence-corrected chi connectivity index (χ2v) is 7.19. The van der Waals surface area contributed by atoms with Crippen molar-refractivity contribution in [2.75, 3.05) is 0 Å². The lowest BCUT2D eigenvalue weighted by molar-refractivity contribution is 0.426. The zero-order valence-electron chi connectivity index (χ0n) is 11.4. The molecule has 0 radical (unpaired) electrons. The van der Waals surface area contributed by atoms with Gasteiger partial charge in [-0.25, -0.2) is 8.42 Å². The van der Waals surface area contributed by atoms with E-state index in [1.165, 1.54) is 12.1 Å². The monoisotopic (exact) mass is 333 g/mol. The summed E-state index contributed by atoms with van der Waals surface area (Å²) in [7, 11) is -3.48. The Balaban J connectivity index is 1.84. The fraction of sp³-hybridized carbons (Fsp3) is 0.0625. The van der Waals surface area contributed by atoms with E-state index in [4.69, 9.17) is 16.1 Å². The molecule has 0 N–H and O–H groups in total. The molecule has 4 nitrogen and oxygen atoms in total.